The molecule has 0 radical (unpaired) electrons. The highest BCUT2D eigenvalue weighted by Crippen LogP contribution is 2.16. The highest BCUT2D eigenvalue weighted by Gasteiger charge is 2.07. The number of rotatable bonds is 6. The third-order valence-electron chi connectivity index (χ3n) is 2.39. The van der Waals surface area contributed by atoms with E-state index in [-0.39, 0.29) is 18.9 Å². The van der Waals surface area contributed by atoms with Gasteiger partial charge in [-0.2, -0.15) is 0 Å². The maximum Gasteiger partial charge on any atom is 0.275 e. The van der Waals surface area contributed by atoms with Gasteiger partial charge in [0.2, 0.25) is 5.91 Å². The third-order valence-corrected chi connectivity index (χ3v) is 2.98. The van der Waals surface area contributed by atoms with Crippen molar-refractivity contribution in [3.8, 4) is 5.75 Å². The van der Waals surface area contributed by atoms with Gasteiger partial charge < -0.3 is 15.8 Å². The molecular weight excluding hydrogens is 278 g/mol. The Morgan fingerprint density at radius 3 is 2.65 bits per heavy atom. The van der Waals surface area contributed by atoms with Crippen molar-refractivity contribution < 1.29 is 14.3 Å². The lowest BCUT2D eigenvalue weighted by Gasteiger charge is -2.07. The third kappa shape index (κ3) is 4.06. The minimum Gasteiger partial charge on any atom is -0.493 e. The molecule has 2 amide bonds. The molecule has 2 rings (SSSR count). The molecule has 20 heavy (non-hydrogen) atoms. The summed E-state index contributed by atoms with van der Waals surface area (Å²) < 4.78 is 5.32. The molecule has 0 unspecified atom stereocenters. The van der Waals surface area contributed by atoms with Crippen molar-refractivity contribution >= 4 is 28.8 Å². The van der Waals surface area contributed by atoms with Crippen LogP contribution in [0.3, 0.4) is 0 Å². The largest absolute Gasteiger partial charge is 0.493 e. The highest BCUT2D eigenvalue weighted by atomic mass is 32.1. The molecular formula is C13H13N3O3S. The smallest absolute Gasteiger partial charge is 0.275 e. The van der Waals surface area contributed by atoms with E-state index in [1.165, 1.54) is 11.3 Å². The van der Waals surface area contributed by atoms with Gasteiger partial charge in [0.05, 0.1) is 18.5 Å². The number of hydrogen-bond acceptors (Lipinski definition) is 5. The Kier molecular flexibility index (Phi) is 4.67. The van der Waals surface area contributed by atoms with Gasteiger partial charge in [-0.3, -0.25) is 9.59 Å². The average Bonchev–Trinajstić information content (AvgIpc) is 2.94. The number of anilines is 1. The molecule has 3 N–H and O–H groups in total. The quantitative estimate of drug-likeness (QED) is 0.846. The van der Waals surface area contributed by atoms with E-state index in [4.69, 9.17) is 10.5 Å². The van der Waals surface area contributed by atoms with Crippen LogP contribution in [0, 0.1) is 0 Å². The van der Waals surface area contributed by atoms with E-state index in [1.54, 1.807) is 35.2 Å². The van der Waals surface area contributed by atoms with Gasteiger partial charge in [-0.1, -0.05) is 0 Å². The maximum absolute atomic E-state index is 11.8. The fourth-order valence-corrected chi connectivity index (χ4v) is 1.96. The molecule has 0 saturated carbocycles. The number of ether oxygens (including phenoxy) is 1. The summed E-state index contributed by atoms with van der Waals surface area (Å²) >= 11 is 1.36. The van der Waals surface area contributed by atoms with Gasteiger partial charge >= 0.3 is 0 Å². The van der Waals surface area contributed by atoms with Crippen LogP contribution in [-0.2, 0) is 4.79 Å². The lowest BCUT2D eigenvalue weighted by atomic mass is 10.3. The summed E-state index contributed by atoms with van der Waals surface area (Å²) in [5, 5.41) is 4.40. The standard InChI is InChI=1S/C13H13N3O3S/c14-12(17)5-6-19-10-3-1-9(2-4-10)16-13(18)11-7-20-8-15-11/h1-4,7-8H,5-6H2,(H2,14,17)(H,16,18). The number of carbonyl (C=O) groups excluding carboxylic acids is 2. The first kappa shape index (κ1) is 14.0. The second kappa shape index (κ2) is 6.67. The lowest BCUT2D eigenvalue weighted by Crippen LogP contribution is -2.14. The first-order chi connectivity index (χ1) is 9.65. The fourth-order valence-electron chi connectivity index (χ4n) is 1.42. The molecule has 1 aromatic carbocycles. The first-order valence-electron chi connectivity index (χ1n) is 5.86. The molecule has 0 atom stereocenters. The van der Waals surface area contributed by atoms with Gasteiger partial charge in [0.25, 0.3) is 5.91 Å². The number of nitrogens with one attached hydrogen (secondary N) is 1. The van der Waals surface area contributed by atoms with Crippen LogP contribution in [0.5, 0.6) is 5.75 Å². The molecule has 1 heterocycles. The second-order valence-electron chi connectivity index (χ2n) is 3.92. The molecule has 0 spiro atoms. The number of benzene rings is 1. The van der Waals surface area contributed by atoms with E-state index >= 15 is 0 Å². The van der Waals surface area contributed by atoms with Crippen LogP contribution in [0.15, 0.2) is 35.2 Å². The van der Waals surface area contributed by atoms with Crippen molar-refractivity contribution in [1.82, 2.24) is 4.98 Å². The van der Waals surface area contributed by atoms with E-state index in [9.17, 15) is 9.59 Å². The number of thiazole rings is 1. The summed E-state index contributed by atoms with van der Waals surface area (Å²) in [6.07, 6.45) is 0.169. The summed E-state index contributed by atoms with van der Waals surface area (Å²) in [6.45, 7) is 0.236. The van der Waals surface area contributed by atoms with Gasteiger partial charge in [-0.15, -0.1) is 11.3 Å². The zero-order valence-corrected chi connectivity index (χ0v) is 11.4. The second-order valence-corrected chi connectivity index (χ2v) is 4.64. The van der Waals surface area contributed by atoms with Gasteiger partial charge in [-0.25, -0.2) is 4.98 Å². The number of primary amides is 1. The predicted octanol–water partition coefficient (Wildman–Crippen LogP) is 1.65. The Balaban J connectivity index is 1.88. The Morgan fingerprint density at radius 1 is 1.30 bits per heavy atom. The van der Waals surface area contributed by atoms with Gasteiger partial charge in [-0.05, 0) is 24.3 Å². The molecule has 1 aromatic heterocycles. The van der Waals surface area contributed by atoms with Crippen LogP contribution in [0.4, 0.5) is 5.69 Å². The Labute approximate surface area is 119 Å². The molecule has 0 aliphatic rings. The SMILES string of the molecule is NC(=O)CCOc1ccc(NC(=O)c2cscn2)cc1. The van der Waals surface area contributed by atoms with Crippen LogP contribution in [0.2, 0.25) is 0 Å². The van der Waals surface area contributed by atoms with Crippen molar-refractivity contribution in [1.29, 1.82) is 0 Å². The molecule has 0 bridgehead atoms. The summed E-state index contributed by atoms with van der Waals surface area (Å²) in [7, 11) is 0. The van der Waals surface area contributed by atoms with Crippen molar-refractivity contribution in [3.05, 3.63) is 40.8 Å². The van der Waals surface area contributed by atoms with E-state index in [2.05, 4.69) is 10.3 Å². The summed E-state index contributed by atoms with van der Waals surface area (Å²) in [5.41, 5.74) is 7.64. The number of nitrogens with zero attached hydrogens (tertiary/aromatic N) is 1. The van der Waals surface area contributed by atoms with Gasteiger partial charge in [0.15, 0.2) is 0 Å². The highest BCUT2D eigenvalue weighted by molar-refractivity contribution is 7.07. The number of carbonyl (C=O) groups is 2. The topological polar surface area (TPSA) is 94.3 Å². The van der Waals surface area contributed by atoms with Crippen molar-refractivity contribution in [2.24, 2.45) is 5.73 Å². The number of aromatic nitrogens is 1. The molecule has 104 valence electrons. The minimum absolute atomic E-state index is 0.169. The van der Waals surface area contributed by atoms with Crippen molar-refractivity contribution in [3.63, 3.8) is 0 Å². The van der Waals surface area contributed by atoms with Gasteiger partial charge in [0.1, 0.15) is 11.4 Å². The predicted molar refractivity (Wildman–Crippen MR) is 75.8 cm³/mol. The van der Waals surface area contributed by atoms with E-state index in [0.717, 1.165) is 0 Å². The van der Waals surface area contributed by atoms with Crippen LogP contribution >= 0.6 is 11.3 Å². The monoisotopic (exact) mass is 291 g/mol. The van der Waals surface area contributed by atoms with Crippen LogP contribution in [0.25, 0.3) is 0 Å². The fraction of sp³-hybridized carbons (Fsp3) is 0.154. The number of hydrogen-bond donors (Lipinski definition) is 2. The molecule has 0 aliphatic heterocycles. The normalized spacial score (nSPS) is 10.0. The number of amides is 2. The molecule has 6 nitrogen and oxygen atoms in total. The Hall–Kier alpha value is -2.41. The van der Waals surface area contributed by atoms with E-state index in [1.807, 2.05) is 0 Å². The lowest BCUT2D eigenvalue weighted by molar-refractivity contribution is -0.118. The van der Waals surface area contributed by atoms with Crippen LogP contribution < -0.4 is 15.8 Å². The summed E-state index contributed by atoms with van der Waals surface area (Å²) in [5.74, 6) is -0.0521. The van der Waals surface area contributed by atoms with E-state index < -0.39 is 5.91 Å². The summed E-state index contributed by atoms with van der Waals surface area (Å²) in [6, 6.07) is 6.84. The molecule has 2 aromatic rings. The molecule has 0 fully saturated rings. The summed E-state index contributed by atoms with van der Waals surface area (Å²) in [4.78, 5) is 26.2. The van der Waals surface area contributed by atoms with Gasteiger partial charge in [0, 0.05) is 11.1 Å². The Bertz CT molecular complexity index is 581. The first-order valence-corrected chi connectivity index (χ1v) is 6.80. The number of nitrogens with two attached hydrogens (primary N) is 1. The molecule has 0 aliphatic carbocycles. The molecule has 7 heteroatoms. The Morgan fingerprint density at radius 2 is 2.05 bits per heavy atom. The van der Waals surface area contributed by atoms with E-state index in [0.29, 0.717) is 17.1 Å². The zero-order valence-electron chi connectivity index (χ0n) is 10.5. The van der Waals surface area contributed by atoms with Crippen molar-refractivity contribution in [2.75, 3.05) is 11.9 Å². The zero-order chi connectivity index (χ0) is 14.4. The minimum atomic E-state index is -0.405. The maximum atomic E-state index is 11.8. The van der Waals surface area contributed by atoms with Crippen molar-refractivity contribution in [2.45, 2.75) is 6.42 Å². The average molecular weight is 291 g/mol. The van der Waals surface area contributed by atoms with Crippen LogP contribution in [-0.4, -0.2) is 23.4 Å². The molecule has 0 saturated heterocycles. The van der Waals surface area contributed by atoms with Crippen LogP contribution in [0.1, 0.15) is 16.9 Å².